The highest BCUT2D eigenvalue weighted by molar-refractivity contribution is 5.25. The average Bonchev–Trinajstić information content (AvgIpc) is 2.73. The van der Waals surface area contributed by atoms with Gasteiger partial charge in [0.05, 0.1) is 6.61 Å². The summed E-state index contributed by atoms with van der Waals surface area (Å²) in [7, 11) is 1.71. The van der Waals surface area contributed by atoms with E-state index in [-0.39, 0.29) is 0 Å². The lowest BCUT2D eigenvalue weighted by Crippen LogP contribution is -2.12. The SMILES string of the molecule is CCCCCCn1ccnc1NCCOC. The third-order valence-corrected chi connectivity index (χ3v) is 2.56. The summed E-state index contributed by atoms with van der Waals surface area (Å²) in [5.41, 5.74) is 0. The fourth-order valence-electron chi connectivity index (χ4n) is 1.63. The number of aryl methyl sites for hydroxylation is 1. The molecule has 1 aromatic heterocycles. The van der Waals surface area contributed by atoms with E-state index in [0.29, 0.717) is 6.61 Å². The van der Waals surface area contributed by atoms with E-state index in [1.165, 1.54) is 25.7 Å². The Hall–Kier alpha value is -1.03. The Kier molecular flexibility index (Phi) is 6.65. The molecule has 1 heterocycles. The van der Waals surface area contributed by atoms with Crippen LogP contribution in [0.3, 0.4) is 0 Å². The molecule has 0 aliphatic heterocycles. The summed E-state index contributed by atoms with van der Waals surface area (Å²) in [6, 6.07) is 0. The van der Waals surface area contributed by atoms with Gasteiger partial charge in [-0.1, -0.05) is 26.2 Å². The fourth-order valence-corrected chi connectivity index (χ4v) is 1.63. The Bertz CT molecular complexity index is 273. The molecule has 4 nitrogen and oxygen atoms in total. The van der Waals surface area contributed by atoms with E-state index >= 15 is 0 Å². The second kappa shape index (κ2) is 8.16. The number of imidazole rings is 1. The number of nitrogens with one attached hydrogen (secondary N) is 1. The predicted octanol–water partition coefficient (Wildman–Crippen LogP) is 2.52. The van der Waals surface area contributed by atoms with Crippen molar-refractivity contribution in [1.82, 2.24) is 9.55 Å². The normalized spacial score (nSPS) is 10.6. The quantitative estimate of drug-likeness (QED) is 0.656. The van der Waals surface area contributed by atoms with Crippen LogP contribution in [0.1, 0.15) is 32.6 Å². The third-order valence-electron chi connectivity index (χ3n) is 2.56. The molecule has 0 saturated carbocycles. The molecule has 0 aromatic carbocycles. The lowest BCUT2D eigenvalue weighted by atomic mass is 10.2. The Morgan fingerprint density at radius 3 is 3.00 bits per heavy atom. The molecule has 0 atom stereocenters. The van der Waals surface area contributed by atoms with E-state index in [1.807, 2.05) is 12.4 Å². The zero-order valence-corrected chi connectivity index (χ0v) is 10.4. The van der Waals surface area contributed by atoms with Crippen molar-refractivity contribution in [2.45, 2.75) is 39.2 Å². The molecule has 1 rings (SSSR count). The van der Waals surface area contributed by atoms with Crippen LogP contribution < -0.4 is 5.32 Å². The molecule has 0 spiro atoms. The number of nitrogens with zero attached hydrogens (tertiary/aromatic N) is 2. The number of hydrogen-bond donors (Lipinski definition) is 1. The van der Waals surface area contributed by atoms with Gasteiger partial charge in [-0.3, -0.25) is 0 Å². The Labute approximate surface area is 98.0 Å². The van der Waals surface area contributed by atoms with Crippen molar-refractivity contribution in [2.75, 3.05) is 25.6 Å². The predicted molar refractivity (Wildman–Crippen MR) is 66.7 cm³/mol. The molecule has 0 bridgehead atoms. The van der Waals surface area contributed by atoms with Crippen LogP contribution in [0.5, 0.6) is 0 Å². The van der Waals surface area contributed by atoms with Crippen molar-refractivity contribution in [3.8, 4) is 0 Å². The largest absolute Gasteiger partial charge is 0.383 e. The van der Waals surface area contributed by atoms with Gasteiger partial charge in [0.2, 0.25) is 5.95 Å². The van der Waals surface area contributed by atoms with Crippen molar-refractivity contribution in [1.29, 1.82) is 0 Å². The van der Waals surface area contributed by atoms with Crippen molar-refractivity contribution >= 4 is 5.95 Å². The van der Waals surface area contributed by atoms with Crippen molar-refractivity contribution in [3.05, 3.63) is 12.4 Å². The fraction of sp³-hybridized carbons (Fsp3) is 0.750. The van der Waals surface area contributed by atoms with E-state index in [0.717, 1.165) is 19.0 Å². The highest BCUT2D eigenvalue weighted by Gasteiger charge is 2.00. The lowest BCUT2D eigenvalue weighted by Gasteiger charge is -2.09. The first-order valence-corrected chi connectivity index (χ1v) is 6.12. The standard InChI is InChI=1S/C12H23N3O/c1-3-4-5-6-9-15-10-7-13-12(15)14-8-11-16-2/h7,10H,3-6,8-9,11H2,1-2H3,(H,13,14). The van der Waals surface area contributed by atoms with Crippen LogP contribution in [0, 0.1) is 0 Å². The second-order valence-electron chi connectivity index (χ2n) is 3.92. The minimum atomic E-state index is 0.711. The van der Waals surface area contributed by atoms with Gasteiger partial charge < -0.3 is 14.6 Å². The molecule has 92 valence electrons. The van der Waals surface area contributed by atoms with E-state index < -0.39 is 0 Å². The monoisotopic (exact) mass is 225 g/mol. The van der Waals surface area contributed by atoms with E-state index in [1.54, 1.807) is 7.11 Å². The number of rotatable bonds is 9. The summed E-state index contributed by atoms with van der Waals surface area (Å²) in [5.74, 6) is 0.952. The third kappa shape index (κ3) is 4.66. The van der Waals surface area contributed by atoms with Crippen LogP contribution >= 0.6 is 0 Å². The molecule has 0 aliphatic rings. The van der Waals surface area contributed by atoms with Crippen LogP contribution in [0.15, 0.2) is 12.4 Å². The molecule has 16 heavy (non-hydrogen) atoms. The molecule has 0 saturated heterocycles. The first-order valence-electron chi connectivity index (χ1n) is 6.12. The van der Waals surface area contributed by atoms with Gasteiger partial charge in [-0.2, -0.15) is 0 Å². The zero-order chi connectivity index (χ0) is 11.6. The Balaban J connectivity index is 2.26. The maximum atomic E-state index is 4.99. The maximum absolute atomic E-state index is 4.99. The minimum Gasteiger partial charge on any atom is -0.383 e. The molecule has 1 N–H and O–H groups in total. The highest BCUT2D eigenvalue weighted by Crippen LogP contribution is 2.07. The van der Waals surface area contributed by atoms with Crippen LogP contribution in [0.25, 0.3) is 0 Å². The van der Waals surface area contributed by atoms with Gasteiger partial charge in [0.25, 0.3) is 0 Å². The van der Waals surface area contributed by atoms with E-state index in [4.69, 9.17) is 4.74 Å². The van der Waals surface area contributed by atoms with Crippen molar-refractivity contribution in [2.24, 2.45) is 0 Å². The minimum absolute atomic E-state index is 0.711. The molecule has 0 aliphatic carbocycles. The summed E-state index contributed by atoms with van der Waals surface area (Å²) >= 11 is 0. The van der Waals surface area contributed by atoms with Gasteiger partial charge in [0.15, 0.2) is 0 Å². The summed E-state index contributed by atoms with van der Waals surface area (Å²) in [4.78, 5) is 4.28. The smallest absolute Gasteiger partial charge is 0.202 e. The van der Waals surface area contributed by atoms with Crippen LogP contribution in [-0.2, 0) is 11.3 Å². The van der Waals surface area contributed by atoms with Gasteiger partial charge in [0, 0.05) is 32.6 Å². The van der Waals surface area contributed by atoms with Crippen molar-refractivity contribution < 1.29 is 4.74 Å². The lowest BCUT2D eigenvalue weighted by molar-refractivity contribution is 0.210. The average molecular weight is 225 g/mol. The highest BCUT2D eigenvalue weighted by atomic mass is 16.5. The number of aromatic nitrogens is 2. The van der Waals surface area contributed by atoms with Gasteiger partial charge >= 0.3 is 0 Å². The summed E-state index contributed by atoms with van der Waals surface area (Å²) in [6.07, 6.45) is 9.00. The summed E-state index contributed by atoms with van der Waals surface area (Å²) in [5, 5.41) is 3.26. The van der Waals surface area contributed by atoms with Crippen molar-refractivity contribution in [3.63, 3.8) is 0 Å². The number of anilines is 1. The number of ether oxygens (including phenoxy) is 1. The molecular weight excluding hydrogens is 202 g/mol. The molecule has 0 amide bonds. The second-order valence-corrected chi connectivity index (χ2v) is 3.92. The topological polar surface area (TPSA) is 39.1 Å². The van der Waals surface area contributed by atoms with Gasteiger partial charge in [-0.05, 0) is 6.42 Å². The molecule has 0 radical (unpaired) electrons. The summed E-state index contributed by atoms with van der Waals surface area (Å²) in [6.45, 7) is 4.80. The van der Waals surface area contributed by atoms with Gasteiger partial charge in [-0.25, -0.2) is 4.98 Å². The first-order chi connectivity index (χ1) is 7.88. The molecule has 4 heteroatoms. The van der Waals surface area contributed by atoms with E-state index in [2.05, 4.69) is 21.8 Å². The van der Waals surface area contributed by atoms with E-state index in [9.17, 15) is 0 Å². The zero-order valence-electron chi connectivity index (χ0n) is 10.4. The maximum Gasteiger partial charge on any atom is 0.202 e. The molecular formula is C12H23N3O. The molecule has 0 unspecified atom stereocenters. The Morgan fingerprint density at radius 2 is 2.25 bits per heavy atom. The van der Waals surface area contributed by atoms with Crippen LogP contribution in [0.4, 0.5) is 5.95 Å². The molecule has 1 aromatic rings. The molecule has 0 fully saturated rings. The van der Waals surface area contributed by atoms with Crippen LogP contribution in [0.2, 0.25) is 0 Å². The number of unbranched alkanes of at least 4 members (excludes halogenated alkanes) is 3. The van der Waals surface area contributed by atoms with Crippen LogP contribution in [-0.4, -0.2) is 29.8 Å². The number of methoxy groups -OCH3 is 1. The number of hydrogen-bond acceptors (Lipinski definition) is 3. The first kappa shape index (κ1) is 13.0. The summed E-state index contributed by atoms with van der Waals surface area (Å²) < 4.78 is 7.17. The Morgan fingerprint density at radius 1 is 1.38 bits per heavy atom. The van der Waals surface area contributed by atoms with Gasteiger partial charge in [0.1, 0.15) is 0 Å². The van der Waals surface area contributed by atoms with Gasteiger partial charge in [-0.15, -0.1) is 0 Å².